The molecule has 0 bridgehead atoms. The van der Waals surface area contributed by atoms with E-state index in [0.717, 1.165) is 22.3 Å². The van der Waals surface area contributed by atoms with Gasteiger partial charge in [0.2, 0.25) is 0 Å². The van der Waals surface area contributed by atoms with E-state index in [-0.39, 0.29) is 31.4 Å². The number of fused-ring (bicyclic) bond motifs is 3. The summed E-state index contributed by atoms with van der Waals surface area (Å²) in [6.45, 7) is 3.55. The van der Waals surface area contributed by atoms with E-state index in [1.807, 2.05) is 24.3 Å². The molecule has 0 aliphatic heterocycles. The first-order valence-corrected chi connectivity index (χ1v) is 11.5. The number of benzene rings is 2. The third-order valence-corrected chi connectivity index (χ3v) is 6.57. The van der Waals surface area contributed by atoms with Gasteiger partial charge >= 0.3 is 12.1 Å². The fourth-order valence-electron chi connectivity index (χ4n) is 4.12. The molecule has 1 aliphatic carbocycles. The molecule has 3 N–H and O–H groups in total. The molecular weight excluding hydrogens is 448 g/mol. The Labute approximate surface area is 203 Å². The van der Waals surface area contributed by atoms with Crippen molar-refractivity contribution in [3.05, 3.63) is 83.3 Å². The first kappa shape index (κ1) is 24.1. The lowest BCUT2D eigenvalue weighted by molar-refractivity contribution is -0.147. The van der Waals surface area contributed by atoms with Crippen LogP contribution in [0.2, 0.25) is 0 Å². The third-order valence-electron chi connectivity index (χ3n) is 6.57. The van der Waals surface area contributed by atoms with Gasteiger partial charge in [-0.05, 0) is 47.7 Å². The average molecular weight is 477 g/mol. The van der Waals surface area contributed by atoms with Gasteiger partial charge in [0.1, 0.15) is 12.4 Å². The van der Waals surface area contributed by atoms with Gasteiger partial charge in [0.25, 0.3) is 5.91 Å². The Balaban J connectivity index is 1.29. The number of nitrogens with one attached hydrogen (secondary N) is 2. The second-order valence-electron chi connectivity index (χ2n) is 8.85. The number of hydrogen-bond donors (Lipinski definition) is 3. The van der Waals surface area contributed by atoms with Crippen LogP contribution < -0.4 is 10.6 Å². The molecule has 182 valence electrons. The van der Waals surface area contributed by atoms with Crippen molar-refractivity contribution in [3.63, 3.8) is 0 Å². The summed E-state index contributed by atoms with van der Waals surface area (Å²) in [4.78, 5) is 36.0. The summed E-state index contributed by atoms with van der Waals surface area (Å²) < 4.78 is 11.0. The van der Waals surface area contributed by atoms with E-state index in [9.17, 15) is 19.5 Å². The third kappa shape index (κ3) is 5.06. The summed E-state index contributed by atoms with van der Waals surface area (Å²) in [6.07, 6.45) is -0.217. The molecule has 35 heavy (non-hydrogen) atoms. The smallest absolute Gasteiger partial charge is 0.407 e. The topological polar surface area (TPSA) is 118 Å². The van der Waals surface area contributed by atoms with Gasteiger partial charge in [0.15, 0.2) is 5.76 Å². The van der Waals surface area contributed by atoms with Crippen LogP contribution in [-0.4, -0.2) is 36.2 Å². The van der Waals surface area contributed by atoms with Crippen molar-refractivity contribution in [2.45, 2.75) is 32.7 Å². The predicted octanol–water partition coefficient (Wildman–Crippen LogP) is 4.55. The number of alkyl carbamates (subject to hydrolysis) is 1. The molecule has 3 aromatic rings. The van der Waals surface area contributed by atoms with Gasteiger partial charge in [-0.2, -0.15) is 0 Å². The van der Waals surface area contributed by atoms with Crippen molar-refractivity contribution >= 4 is 18.0 Å². The fraction of sp³-hybridized carbons (Fsp3) is 0.296. The van der Waals surface area contributed by atoms with Crippen molar-refractivity contribution in [2.24, 2.45) is 5.41 Å². The molecule has 8 heteroatoms. The first-order chi connectivity index (χ1) is 16.8. The Hall–Kier alpha value is -4.07. The lowest BCUT2D eigenvalue weighted by Gasteiger charge is -2.22. The van der Waals surface area contributed by atoms with Gasteiger partial charge in [0, 0.05) is 12.5 Å². The highest BCUT2D eigenvalue weighted by atomic mass is 16.5. The molecule has 1 aliphatic rings. The number of carboxylic acid groups (broad SMARTS) is 1. The number of carbonyl (C=O) groups is 3. The number of carboxylic acids is 1. The Kier molecular flexibility index (Phi) is 6.91. The summed E-state index contributed by atoms with van der Waals surface area (Å²) in [5, 5.41) is 14.6. The predicted molar refractivity (Wildman–Crippen MR) is 129 cm³/mol. The standard InChI is InChI=1S/C27H28N2O6/c1-3-27(2,25(31)32)16-29-24(30)23-13-12-17(35-23)14-28-26(33)34-15-22-20-10-6-4-8-18(20)19-9-5-7-11-21(19)22/h4-13,22H,3,14-16H2,1-2H3,(H,28,33)(H,29,30)(H,31,32). The van der Waals surface area contributed by atoms with Crippen molar-refractivity contribution < 1.29 is 28.6 Å². The van der Waals surface area contributed by atoms with Gasteiger partial charge < -0.3 is 24.9 Å². The molecule has 0 saturated heterocycles. The molecule has 1 aromatic heterocycles. The van der Waals surface area contributed by atoms with Crippen LogP contribution in [0, 0.1) is 5.41 Å². The molecule has 4 rings (SSSR count). The maximum atomic E-state index is 12.3. The lowest BCUT2D eigenvalue weighted by Crippen LogP contribution is -2.40. The minimum atomic E-state index is -1.06. The van der Waals surface area contributed by atoms with Gasteiger partial charge in [-0.1, -0.05) is 55.5 Å². The highest BCUT2D eigenvalue weighted by molar-refractivity contribution is 5.92. The Bertz CT molecular complexity index is 1200. The zero-order chi connectivity index (χ0) is 25.0. The molecule has 8 nitrogen and oxygen atoms in total. The molecule has 0 fully saturated rings. The van der Waals surface area contributed by atoms with Crippen LogP contribution in [0.3, 0.4) is 0 Å². The fourth-order valence-corrected chi connectivity index (χ4v) is 4.12. The van der Waals surface area contributed by atoms with Crippen molar-refractivity contribution in [1.82, 2.24) is 10.6 Å². The van der Waals surface area contributed by atoms with E-state index < -0.39 is 23.4 Å². The maximum absolute atomic E-state index is 12.3. The number of amides is 2. The molecule has 1 unspecified atom stereocenters. The molecule has 2 aromatic carbocycles. The van der Waals surface area contributed by atoms with Crippen LogP contribution in [0.4, 0.5) is 4.79 Å². The molecule has 0 radical (unpaired) electrons. The van der Waals surface area contributed by atoms with Crippen LogP contribution >= 0.6 is 0 Å². The summed E-state index contributed by atoms with van der Waals surface area (Å²) >= 11 is 0. The monoisotopic (exact) mass is 476 g/mol. The minimum Gasteiger partial charge on any atom is -0.481 e. The van der Waals surface area contributed by atoms with Gasteiger partial charge in [-0.3, -0.25) is 9.59 Å². The highest BCUT2D eigenvalue weighted by Crippen LogP contribution is 2.44. The van der Waals surface area contributed by atoms with Crippen LogP contribution in [0.25, 0.3) is 11.1 Å². The largest absolute Gasteiger partial charge is 0.481 e. The van der Waals surface area contributed by atoms with Crippen molar-refractivity contribution in [2.75, 3.05) is 13.2 Å². The molecule has 0 saturated carbocycles. The lowest BCUT2D eigenvalue weighted by atomic mass is 9.88. The maximum Gasteiger partial charge on any atom is 0.407 e. The summed E-state index contributed by atoms with van der Waals surface area (Å²) in [5.41, 5.74) is 3.51. The molecule has 2 amide bonds. The summed E-state index contributed by atoms with van der Waals surface area (Å²) in [5.74, 6) is -1.11. The van der Waals surface area contributed by atoms with E-state index in [1.54, 1.807) is 19.9 Å². The zero-order valence-corrected chi connectivity index (χ0v) is 19.7. The van der Waals surface area contributed by atoms with Crippen LogP contribution in [0.5, 0.6) is 0 Å². The molecule has 0 spiro atoms. The Morgan fingerprint density at radius 3 is 2.20 bits per heavy atom. The first-order valence-electron chi connectivity index (χ1n) is 11.5. The minimum absolute atomic E-state index is 0.0221. The van der Waals surface area contributed by atoms with Gasteiger partial charge in [0.05, 0.1) is 12.0 Å². The number of aliphatic carboxylic acids is 1. The van der Waals surface area contributed by atoms with Crippen molar-refractivity contribution in [3.8, 4) is 11.1 Å². The van der Waals surface area contributed by atoms with Crippen LogP contribution in [-0.2, 0) is 16.1 Å². The van der Waals surface area contributed by atoms with Crippen LogP contribution in [0.15, 0.2) is 65.1 Å². The number of furan rings is 1. The van der Waals surface area contributed by atoms with E-state index in [4.69, 9.17) is 9.15 Å². The van der Waals surface area contributed by atoms with Gasteiger partial charge in [-0.25, -0.2) is 4.79 Å². The Morgan fingerprint density at radius 1 is 0.971 bits per heavy atom. The summed E-state index contributed by atoms with van der Waals surface area (Å²) in [6, 6.07) is 19.3. The number of carbonyl (C=O) groups excluding carboxylic acids is 2. The second kappa shape index (κ2) is 10.0. The molecule has 1 heterocycles. The molecule has 1 atom stereocenters. The normalized spacial score (nSPS) is 13.9. The highest BCUT2D eigenvalue weighted by Gasteiger charge is 2.32. The van der Waals surface area contributed by atoms with E-state index in [2.05, 4.69) is 34.9 Å². The average Bonchev–Trinajstić information content (AvgIpc) is 3.47. The van der Waals surface area contributed by atoms with Gasteiger partial charge in [-0.15, -0.1) is 0 Å². The molecular formula is C27H28N2O6. The summed E-state index contributed by atoms with van der Waals surface area (Å²) in [7, 11) is 0. The zero-order valence-electron chi connectivity index (χ0n) is 19.7. The SMILES string of the molecule is CCC(C)(CNC(=O)c1ccc(CNC(=O)OCC2c3ccccc3-c3ccccc32)o1)C(=O)O. The quantitative estimate of drug-likeness (QED) is 0.417. The number of rotatable bonds is 9. The van der Waals surface area contributed by atoms with Crippen molar-refractivity contribution in [1.29, 1.82) is 0 Å². The van der Waals surface area contributed by atoms with E-state index >= 15 is 0 Å². The van der Waals surface area contributed by atoms with E-state index in [0.29, 0.717) is 12.2 Å². The van der Waals surface area contributed by atoms with Crippen LogP contribution in [0.1, 0.15) is 53.6 Å². The second-order valence-corrected chi connectivity index (χ2v) is 8.85. The van der Waals surface area contributed by atoms with E-state index in [1.165, 1.54) is 6.07 Å². The number of ether oxygens (including phenoxy) is 1. The Morgan fingerprint density at radius 2 is 1.60 bits per heavy atom. The number of hydrogen-bond acceptors (Lipinski definition) is 5.